The summed E-state index contributed by atoms with van der Waals surface area (Å²) in [6, 6.07) is 6.76. The Hall–Kier alpha value is -1.73. The number of hydrogen-bond donors (Lipinski definition) is 3. The molecule has 0 radical (unpaired) electrons. The first-order valence-electron chi connectivity index (χ1n) is 5.75. The fourth-order valence-electron chi connectivity index (χ4n) is 1.72. The zero-order valence-electron chi connectivity index (χ0n) is 10.3. The highest BCUT2D eigenvalue weighted by Gasteiger charge is 2.12. The smallest absolute Gasteiger partial charge is 0.251 e. The lowest BCUT2D eigenvalue weighted by Gasteiger charge is -2.21. The van der Waals surface area contributed by atoms with E-state index in [0.717, 1.165) is 5.56 Å². The molecule has 4 N–H and O–H groups in total. The summed E-state index contributed by atoms with van der Waals surface area (Å²) < 4.78 is 24.8. The first kappa shape index (κ1) is 15.3. The van der Waals surface area contributed by atoms with Crippen molar-refractivity contribution in [3.8, 4) is 0 Å². The van der Waals surface area contributed by atoms with Crippen LogP contribution in [-0.2, 0) is 6.54 Å². The summed E-state index contributed by atoms with van der Waals surface area (Å²) in [4.78, 5) is 1.44. The number of aliphatic hydroxyl groups excluding tert-OH is 1. The van der Waals surface area contributed by atoms with Gasteiger partial charge in [-0.25, -0.2) is 8.78 Å². The van der Waals surface area contributed by atoms with Gasteiger partial charge in [-0.1, -0.05) is 23.4 Å². The number of benzene rings is 1. The van der Waals surface area contributed by atoms with Crippen molar-refractivity contribution in [1.29, 1.82) is 0 Å². The highest BCUT2D eigenvalue weighted by molar-refractivity contribution is 5.97. The van der Waals surface area contributed by atoms with E-state index in [1.54, 1.807) is 24.3 Å². The van der Waals surface area contributed by atoms with Crippen molar-refractivity contribution >= 4 is 5.84 Å². The number of nitrogens with two attached hydrogens (primary N) is 1. The van der Waals surface area contributed by atoms with Gasteiger partial charge in [-0.05, 0) is 11.6 Å². The second kappa shape index (κ2) is 7.65. The van der Waals surface area contributed by atoms with E-state index in [9.17, 15) is 8.78 Å². The molecule has 0 fully saturated rings. The zero-order chi connectivity index (χ0) is 14.3. The number of oxime groups is 1. The molecule has 1 aromatic rings. The van der Waals surface area contributed by atoms with Crippen molar-refractivity contribution in [2.75, 3.05) is 19.7 Å². The van der Waals surface area contributed by atoms with Crippen LogP contribution in [0.5, 0.6) is 0 Å². The molecule has 0 aliphatic rings. The van der Waals surface area contributed by atoms with Gasteiger partial charge in [0.05, 0.1) is 13.2 Å². The molecule has 0 bridgehead atoms. The lowest BCUT2D eigenvalue weighted by atomic mass is 10.1. The van der Waals surface area contributed by atoms with Crippen LogP contribution in [0.15, 0.2) is 29.4 Å². The number of alkyl halides is 2. The number of hydrogen-bond acceptors (Lipinski definition) is 4. The Morgan fingerprint density at radius 1 is 1.42 bits per heavy atom. The molecule has 0 unspecified atom stereocenters. The normalized spacial score (nSPS) is 12.4. The monoisotopic (exact) mass is 273 g/mol. The fourth-order valence-corrected chi connectivity index (χ4v) is 1.72. The Labute approximate surface area is 109 Å². The maximum atomic E-state index is 12.4. The van der Waals surface area contributed by atoms with Crippen molar-refractivity contribution in [2.45, 2.75) is 13.0 Å². The standard InChI is InChI=1S/C12H17F2N3O2/c13-11(14)8-17(4-5-18)7-9-2-1-3-10(6-9)12(15)16-19/h1-3,6,11,18-19H,4-5,7-8H2,(H2,15,16). The molecule has 0 aromatic heterocycles. The molecule has 0 spiro atoms. The Bertz CT molecular complexity index is 427. The van der Waals surface area contributed by atoms with Crippen LogP contribution in [0.25, 0.3) is 0 Å². The van der Waals surface area contributed by atoms with E-state index in [1.807, 2.05) is 0 Å². The molecular formula is C12H17F2N3O2. The van der Waals surface area contributed by atoms with Crippen LogP contribution in [0.1, 0.15) is 11.1 Å². The van der Waals surface area contributed by atoms with Crippen LogP contribution < -0.4 is 5.73 Å². The molecule has 19 heavy (non-hydrogen) atoms. The maximum Gasteiger partial charge on any atom is 0.251 e. The van der Waals surface area contributed by atoms with Gasteiger partial charge in [0.2, 0.25) is 0 Å². The first-order valence-corrected chi connectivity index (χ1v) is 5.75. The minimum atomic E-state index is -2.46. The van der Waals surface area contributed by atoms with Crippen LogP contribution in [0.2, 0.25) is 0 Å². The molecule has 7 heteroatoms. The summed E-state index contributed by atoms with van der Waals surface area (Å²) in [6.45, 7) is -0.170. The van der Waals surface area contributed by atoms with E-state index in [0.29, 0.717) is 5.56 Å². The predicted molar refractivity (Wildman–Crippen MR) is 67.3 cm³/mol. The Morgan fingerprint density at radius 2 is 2.16 bits per heavy atom. The fraction of sp³-hybridized carbons (Fsp3) is 0.417. The molecule has 0 saturated carbocycles. The predicted octanol–water partition coefficient (Wildman–Crippen LogP) is 0.840. The minimum Gasteiger partial charge on any atom is -0.409 e. The van der Waals surface area contributed by atoms with Crippen molar-refractivity contribution in [3.63, 3.8) is 0 Å². The summed E-state index contributed by atoms with van der Waals surface area (Å²) in [5.74, 6) is -0.0376. The summed E-state index contributed by atoms with van der Waals surface area (Å²) in [6.07, 6.45) is -2.46. The van der Waals surface area contributed by atoms with Gasteiger partial charge in [-0.3, -0.25) is 4.90 Å². The van der Waals surface area contributed by atoms with Crippen molar-refractivity contribution in [3.05, 3.63) is 35.4 Å². The average Bonchev–Trinajstić information content (AvgIpc) is 2.37. The molecule has 0 aliphatic carbocycles. The van der Waals surface area contributed by atoms with Crippen molar-refractivity contribution in [2.24, 2.45) is 10.9 Å². The summed E-state index contributed by atoms with van der Waals surface area (Å²) >= 11 is 0. The number of amidine groups is 1. The molecule has 0 atom stereocenters. The second-order valence-electron chi connectivity index (χ2n) is 4.04. The summed E-state index contributed by atoms with van der Waals surface area (Å²) in [7, 11) is 0. The number of halogens is 2. The van der Waals surface area contributed by atoms with Gasteiger partial charge in [-0.2, -0.15) is 0 Å². The van der Waals surface area contributed by atoms with Gasteiger partial charge in [0.1, 0.15) is 0 Å². The van der Waals surface area contributed by atoms with E-state index in [1.165, 1.54) is 4.90 Å². The highest BCUT2D eigenvalue weighted by atomic mass is 19.3. The van der Waals surface area contributed by atoms with Crippen molar-refractivity contribution < 1.29 is 19.1 Å². The number of rotatable bonds is 7. The number of aliphatic hydroxyl groups is 1. The van der Waals surface area contributed by atoms with Gasteiger partial charge in [0.25, 0.3) is 6.43 Å². The van der Waals surface area contributed by atoms with E-state index >= 15 is 0 Å². The highest BCUT2D eigenvalue weighted by Crippen LogP contribution is 2.10. The van der Waals surface area contributed by atoms with Crippen LogP contribution in [0.4, 0.5) is 8.78 Å². The Morgan fingerprint density at radius 3 is 2.74 bits per heavy atom. The lowest BCUT2D eigenvalue weighted by molar-refractivity contribution is 0.0746. The largest absolute Gasteiger partial charge is 0.409 e. The molecule has 0 saturated heterocycles. The Kier molecular flexibility index (Phi) is 6.17. The van der Waals surface area contributed by atoms with Crippen LogP contribution in [-0.4, -0.2) is 47.2 Å². The lowest BCUT2D eigenvalue weighted by Crippen LogP contribution is -2.31. The molecule has 1 aromatic carbocycles. The van der Waals surface area contributed by atoms with Gasteiger partial charge in [-0.15, -0.1) is 0 Å². The Balaban J connectivity index is 2.78. The van der Waals surface area contributed by atoms with E-state index in [-0.39, 0.29) is 25.5 Å². The SMILES string of the molecule is N/C(=N/O)c1cccc(CN(CCO)CC(F)F)c1. The van der Waals surface area contributed by atoms with Gasteiger partial charge < -0.3 is 16.0 Å². The van der Waals surface area contributed by atoms with E-state index < -0.39 is 13.0 Å². The first-order chi connectivity index (χ1) is 9.06. The number of nitrogens with zero attached hydrogens (tertiary/aromatic N) is 2. The molecule has 106 valence electrons. The van der Waals surface area contributed by atoms with Crippen LogP contribution in [0.3, 0.4) is 0 Å². The van der Waals surface area contributed by atoms with E-state index in [4.69, 9.17) is 16.0 Å². The molecule has 5 nitrogen and oxygen atoms in total. The quantitative estimate of drug-likeness (QED) is 0.297. The molecule has 0 aliphatic heterocycles. The van der Waals surface area contributed by atoms with Crippen LogP contribution >= 0.6 is 0 Å². The maximum absolute atomic E-state index is 12.4. The molecule has 0 amide bonds. The van der Waals surface area contributed by atoms with Gasteiger partial charge in [0, 0.05) is 18.7 Å². The average molecular weight is 273 g/mol. The minimum absolute atomic E-state index is 0.0376. The molecule has 0 heterocycles. The zero-order valence-corrected chi connectivity index (χ0v) is 10.3. The van der Waals surface area contributed by atoms with Gasteiger partial charge in [0.15, 0.2) is 5.84 Å². The van der Waals surface area contributed by atoms with Gasteiger partial charge >= 0.3 is 0 Å². The molecular weight excluding hydrogens is 256 g/mol. The van der Waals surface area contributed by atoms with Crippen LogP contribution in [0, 0.1) is 0 Å². The van der Waals surface area contributed by atoms with Crippen molar-refractivity contribution in [1.82, 2.24) is 4.90 Å². The topological polar surface area (TPSA) is 82.1 Å². The van der Waals surface area contributed by atoms with E-state index in [2.05, 4.69) is 5.16 Å². The second-order valence-corrected chi connectivity index (χ2v) is 4.04. The molecule has 1 rings (SSSR count). The third-order valence-electron chi connectivity index (χ3n) is 2.55. The third-order valence-corrected chi connectivity index (χ3v) is 2.55. The summed E-state index contributed by atoms with van der Waals surface area (Å²) in [5.41, 5.74) is 6.72. The third kappa shape index (κ3) is 5.19. The summed E-state index contributed by atoms with van der Waals surface area (Å²) in [5, 5.41) is 20.3.